The van der Waals surface area contributed by atoms with Gasteiger partial charge in [-0.15, -0.1) is 0 Å². The lowest BCUT2D eigenvalue weighted by Crippen LogP contribution is -2.27. The molecule has 16 heavy (non-hydrogen) atoms. The molecular weight excluding hydrogens is 207 g/mol. The second-order valence-corrected chi connectivity index (χ2v) is 4.81. The summed E-state index contributed by atoms with van der Waals surface area (Å²) in [5, 5.41) is 18.5. The first-order chi connectivity index (χ1) is 7.29. The number of benzene rings is 1. The van der Waals surface area contributed by atoms with E-state index in [0.717, 1.165) is 6.07 Å². The molecule has 0 fully saturated rings. The average molecular weight is 222 g/mol. The van der Waals surface area contributed by atoms with E-state index in [4.69, 9.17) is 11.0 Å². The lowest BCUT2D eigenvalue weighted by molar-refractivity contribution is 0.313. The molecule has 0 aliphatic rings. The fourth-order valence-corrected chi connectivity index (χ4v) is 1.43. The molecule has 0 amide bonds. The Labute approximate surface area is 94.3 Å². The Morgan fingerprint density at radius 1 is 1.44 bits per heavy atom. The molecule has 0 radical (unpaired) electrons. The maximum absolute atomic E-state index is 13.2. The third kappa shape index (κ3) is 2.15. The number of hydrogen-bond acceptors (Lipinski definition) is 3. The van der Waals surface area contributed by atoms with E-state index >= 15 is 0 Å². The van der Waals surface area contributed by atoms with Crippen LogP contribution >= 0.6 is 0 Å². The molecule has 0 bridgehead atoms. The van der Waals surface area contributed by atoms with Crippen LogP contribution in [0.3, 0.4) is 0 Å². The van der Waals surface area contributed by atoms with E-state index in [0.29, 0.717) is 0 Å². The number of rotatable bonds is 1. The van der Waals surface area contributed by atoms with Crippen LogP contribution in [0.4, 0.5) is 4.39 Å². The number of halogens is 1. The van der Waals surface area contributed by atoms with E-state index in [-0.39, 0.29) is 16.5 Å². The van der Waals surface area contributed by atoms with Gasteiger partial charge in [0.2, 0.25) is 0 Å². The molecule has 1 rings (SSSR count). The van der Waals surface area contributed by atoms with Crippen LogP contribution < -0.4 is 5.73 Å². The van der Waals surface area contributed by atoms with E-state index in [2.05, 4.69) is 0 Å². The Balaban J connectivity index is 3.43. The van der Waals surface area contributed by atoms with Crippen LogP contribution in [-0.2, 0) is 0 Å². The van der Waals surface area contributed by atoms with Gasteiger partial charge in [0.15, 0.2) is 11.6 Å². The molecule has 1 aromatic carbocycles. The molecule has 0 heterocycles. The van der Waals surface area contributed by atoms with Crippen LogP contribution in [0.1, 0.15) is 37.9 Å². The minimum absolute atomic E-state index is 0.176. The summed E-state index contributed by atoms with van der Waals surface area (Å²) < 4.78 is 13.2. The summed E-state index contributed by atoms with van der Waals surface area (Å²) in [4.78, 5) is 0. The molecule has 1 atom stereocenters. The molecular formula is C12H15FN2O. The number of phenolic OH excluding ortho intramolecular Hbond substituents is 1. The van der Waals surface area contributed by atoms with Crippen molar-refractivity contribution in [2.75, 3.05) is 0 Å². The van der Waals surface area contributed by atoms with Gasteiger partial charge in [-0.05, 0) is 17.5 Å². The molecule has 0 aliphatic heterocycles. The largest absolute Gasteiger partial charge is 0.505 e. The SMILES string of the molecule is CC(C)(C)[C@H](N)c1c(C#N)ccc(F)c1O. The molecule has 86 valence electrons. The Morgan fingerprint density at radius 3 is 2.44 bits per heavy atom. The molecule has 1 aromatic rings. The van der Waals surface area contributed by atoms with Crippen molar-refractivity contribution in [2.24, 2.45) is 11.1 Å². The number of nitrogens with zero attached hydrogens (tertiary/aromatic N) is 1. The van der Waals surface area contributed by atoms with Gasteiger partial charge in [-0.25, -0.2) is 4.39 Å². The Kier molecular flexibility index (Phi) is 3.20. The fourth-order valence-electron chi connectivity index (χ4n) is 1.43. The van der Waals surface area contributed by atoms with Gasteiger partial charge in [0.1, 0.15) is 0 Å². The number of phenols is 1. The highest BCUT2D eigenvalue weighted by molar-refractivity contribution is 5.49. The van der Waals surface area contributed by atoms with Gasteiger partial charge in [-0.1, -0.05) is 20.8 Å². The predicted octanol–water partition coefficient (Wildman–Crippen LogP) is 2.45. The first kappa shape index (κ1) is 12.5. The zero-order chi connectivity index (χ0) is 12.5. The van der Waals surface area contributed by atoms with Gasteiger partial charge in [-0.3, -0.25) is 0 Å². The van der Waals surface area contributed by atoms with Crippen molar-refractivity contribution in [1.82, 2.24) is 0 Å². The molecule has 3 N–H and O–H groups in total. The maximum Gasteiger partial charge on any atom is 0.165 e. The van der Waals surface area contributed by atoms with Crippen LogP contribution in [0, 0.1) is 22.6 Å². The van der Waals surface area contributed by atoms with Crippen molar-refractivity contribution in [1.29, 1.82) is 5.26 Å². The third-order valence-corrected chi connectivity index (χ3v) is 2.53. The van der Waals surface area contributed by atoms with Gasteiger partial charge in [-0.2, -0.15) is 5.26 Å². The van der Waals surface area contributed by atoms with E-state index in [1.54, 1.807) is 0 Å². The van der Waals surface area contributed by atoms with Crippen molar-refractivity contribution in [3.63, 3.8) is 0 Å². The highest BCUT2D eigenvalue weighted by atomic mass is 19.1. The third-order valence-electron chi connectivity index (χ3n) is 2.53. The van der Waals surface area contributed by atoms with Crippen molar-refractivity contribution < 1.29 is 9.50 Å². The summed E-state index contributed by atoms with van der Waals surface area (Å²) in [5.41, 5.74) is 5.96. The highest BCUT2D eigenvalue weighted by Crippen LogP contribution is 2.38. The van der Waals surface area contributed by atoms with Crippen LogP contribution in [0.15, 0.2) is 12.1 Å². The molecule has 0 aliphatic carbocycles. The second kappa shape index (κ2) is 4.11. The summed E-state index contributed by atoms with van der Waals surface area (Å²) in [5.74, 6) is -1.28. The molecule has 4 heteroatoms. The van der Waals surface area contributed by atoms with Gasteiger partial charge >= 0.3 is 0 Å². The summed E-state index contributed by atoms with van der Waals surface area (Å²) in [7, 11) is 0. The summed E-state index contributed by atoms with van der Waals surface area (Å²) >= 11 is 0. The van der Waals surface area contributed by atoms with Gasteiger partial charge in [0, 0.05) is 11.6 Å². The van der Waals surface area contributed by atoms with E-state index in [9.17, 15) is 9.50 Å². The zero-order valence-corrected chi connectivity index (χ0v) is 9.58. The monoisotopic (exact) mass is 222 g/mol. The molecule has 3 nitrogen and oxygen atoms in total. The number of aromatic hydroxyl groups is 1. The molecule has 0 spiro atoms. The number of nitrogens with two attached hydrogens (primary N) is 1. The first-order valence-corrected chi connectivity index (χ1v) is 4.96. The second-order valence-electron chi connectivity index (χ2n) is 4.81. The summed E-state index contributed by atoms with van der Waals surface area (Å²) in [6.07, 6.45) is 0. The topological polar surface area (TPSA) is 70.0 Å². The molecule has 0 aromatic heterocycles. The normalized spacial score (nSPS) is 13.2. The Hall–Kier alpha value is -1.60. The lowest BCUT2D eigenvalue weighted by atomic mass is 9.81. The van der Waals surface area contributed by atoms with Gasteiger partial charge in [0.25, 0.3) is 0 Å². The molecule has 0 saturated heterocycles. The standard InChI is InChI=1S/C12H15FN2O/c1-12(2,3)11(15)9-7(6-14)4-5-8(13)10(9)16/h4-5,11,16H,15H2,1-3H3/t11-/m1/s1. The van der Waals surface area contributed by atoms with Gasteiger partial charge < -0.3 is 10.8 Å². The Morgan fingerprint density at radius 2 is 2.00 bits per heavy atom. The minimum atomic E-state index is -0.756. The van der Waals surface area contributed by atoms with E-state index < -0.39 is 17.6 Å². The van der Waals surface area contributed by atoms with Crippen LogP contribution in [0.2, 0.25) is 0 Å². The Bertz CT molecular complexity index is 444. The fraction of sp³-hybridized carbons (Fsp3) is 0.417. The average Bonchev–Trinajstić information content (AvgIpc) is 2.19. The maximum atomic E-state index is 13.2. The smallest absolute Gasteiger partial charge is 0.165 e. The summed E-state index contributed by atoms with van der Waals surface area (Å²) in [6, 6.07) is 3.70. The van der Waals surface area contributed by atoms with Crippen LogP contribution in [-0.4, -0.2) is 5.11 Å². The van der Waals surface area contributed by atoms with Crippen LogP contribution in [0.25, 0.3) is 0 Å². The van der Waals surface area contributed by atoms with E-state index in [1.165, 1.54) is 6.07 Å². The minimum Gasteiger partial charge on any atom is -0.505 e. The molecule has 0 unspecified atom stereocenters. The molecule has 0 saturated carbocycles. The van der Waals surface area contributed by atoms with Crippen molar-refractivity contribution in [2.45, 2.75) is 26.8 Å². The summed E-state index contributed by atoms with van der Waals surface area (Å²) in [6.45, 7) is 5.59. The van der Waals surface area contributed by atoms with Crippen LogP contribution in [0.5, 0.6) is 5.75 Å². The van der Waals surface area contributed by atoms with Crippen molar-refractivity contribution in [3.05, 3.63) is 29.1 Å². The zero-order valence-electron chi connectivity index (χ0n) is 9.58. The highest BCUT2D eigenvalue weighted by Gasteiger charge is 2.28. The van der Waals surface area contributed by atoms with Crippen molar-refractivity contribution in [3.8, 4) is 11.8 Å². The first-order valence-electron chi connectivity index (χ1n) is 4.96. The van der Waals surface area contributed by atoms with E-state index in [1.807, 2.05) is 26.8 Å². The number of hydrogen-bond donors (Lipinski definition) is 2. The number of nitriles is 1. The van der Waals surface area contributed by atoms with Gasteiger partial charge in [0.05, 0.1) is 11.6 Å². The quantitative estimate of drug-likeness (QED) is 0.766. The lowest BCUT2D eigenvalue weighted by Gasteiger charge is -2.28. The predicted molar refractivity (Wildman–Crippen MR) is 59.2 cm³/mol. The van der Waals surface area contributed by atoms with Crippen molar-refractivity contribution >= 4 is 0 Å².